The molecular weight excluding hydrogens is 574 g/mol. The largest absolute Gasteiger partial charge is 0.353 e. The number of aromatic amines is 1. The number of unbranched alkanes of at least 4 members (excludes halogenated alkanes) is 18. The number of allylic oxidation sites excluding steroid dienone is 8. The Morgan fingerprint density at radius 2 is 1.04 bits per heavy atom. The number of H-pyrrole nitrogens is 1. The van der Waals surface area contributed by atoms with Crippen LogP contribution in [0.1, 0.15) is 193 Å². The van der Waals surface area contributed by atoms with Crippen LogP contribution in [-0.4, -0.2) is 21.9 Å². The number of imidazole rings is 1. The number of rotatable bonds is 34. The second kappa shape index (κ2) is 35.0. The van der Waals surface area contributed by atoms with Crippen molar-refractivity contribution in [2.75, 3.05) is 0 Å². The zero-order valence-electron chi connectivity index (χ0n) is 31.0. The van der Waals surface area contributed by atoms with Crippen molar-refractivity contribution in [3.05, 3.63) is 66.8 Å². The summed E-state index contributed by atoms with van der Waals surface area (Å²) in [6, 6.07) is 0.320. The van der Waals surface area contributed by atoms with Crippen molar-refractivity contribution in [1.82, 2.24) is 15.3 Å². The molecule has 0 saturated carbocycles. The molecule has 0 spiro atoms. The Bertz CT molecular complexity index is 850. The third-order valence-corrected chi connectivity index (χ3v) is 9.05. The molecule has 0 aromatic carbocycles. The van der Waals surface area contributed by atoms with Crippen molar-refractivity contribution in [3.8, 4) is 0 Å². The summed E-state index contributed by atoms with van der Waals surface area (Å²) in [6.07, 6.45) is 56.3. The minimum absolute atomic E-state index is 0.185. The van der Waals surface area contributed by atoms with E-state index >= 15 is 0 Å². The molecule has 0 radical (unpaired) electrons. The highest BCUT2D eigenvalue weighted by atomic mass is 16.1. The number of amides is 1. The lowest BCUT2D eigenvalue weighted by molar-refractivity contribution is -0.121. The zero-order chi connectivity index (χ0) is 33.7. The monoisotopic (exact) mass is 650 g/mol. The minimum Gasteiger partial charge on any atom is -0.353 e. The number of carbonyl (C=O) groups excluding carboxylic acids is 1. The molecule has 4 heteroatoms. The molecule has 0 aliphatic carbocycles. The predicted molar refractivity (Wildman–Crippen MR) is 207 cm³/mol. The van der Waals surface area contributed by atoms with E-state index in [0.29, 0.717) is 12.5 Å². The number of carbonyl (C=O) groups is 1. The zero-order valence-corrected chi connectivity index (χ0v) is 31.0. The highest BCUT2D eigenvalue weighted by Gasteiger charge is 2.12. The number of aryl methyl sites for hydroxylation is 1. The van der Waals surface area contributed by atoms with Crippen molar-refractivity contribution in [1.29, 1.82) is 0 Å². The molecular formula is C43H75N3O. The highest BCUT2D eigenvalue weighted by Crippen LogP contribution is 2.16. The lowest BCUT2D eigenvalue weighted by Crippen LogP contribution is -2.35. The molecule has 0 fully saturated rings. The fourth-order valence-electron chi connectivity index (χ4n) is 6.02. The van der Waals surface area contributed by atoms with Gasteiger partial charge in [0.25, 0.3) is 0 Å². The molecule has 2 N–H and O–H groups in total. The Labute approximate surface area is 291 Å². The van der Waals surface area contributed by atoms with Gasteiger partial charge >= 0.3 is 0 Å². The van der Waals surface area contributed by atoms with Gasteiger partial charge in [-0.1, -0.05) is 152 Å². The van der Waals surface area contributed by atoms with Crippen molar-refractivity contribution in [3.63, 3.8) is 0 Å². The quantitative estimate of drug-likeness (QED) is 0.0576. The fourth-order valence-corrected chi connectivity index (χ4v) is 6.02. The Kier molecular flexibility index (Phi) is 31.7. The second-order valence-electron chi connectivity index (χ2n) is 13.6. The summed E-state index contributed by atoms with van der Waals surface area (Å²) < 4.78 is 0. The minimum atomic E-state index is 0.185. The lowest BCUT2D eigenvalue weighted by atomic mass is 9.99. The van der Waals surface area contributed by atoms with Crippen LogP contribution in [-0.2, 0) is 11.2 Å². The summed E-state index contributed by atoms with van der Waals surface area (Å²) in [7, 11) is 0. The average Bonchev–Trinajstić information content (AvgIpc) is 3.61. The van der Waals surface area contributed by atoms with Crippen molar-refractivity contribution < 1.29 is 4.79 Å². The van der Waals surface area contributed by atoms with E-state index < -0.39 is 0 Å². The molecule has 1 aromatic rings. The first-order chi connectivity index (χ1) is 23.3. The van der Waals surface area contributed by atoms with Crippen LogP contribution in [0.2, 0.25) is 0 Å². The average molecular weight is 650 g/mol. The van der Waals surface area contributed by atoms with Crippen LogP contribution in [0.3, 0.4) is 0 Å². The van der Waals surface area contributed by atoms with Gasteiger partial charge in [0, 0.05) is 24.4 Å². The summed E-state index contributed by atoms with van der Waals surface area (Å²) >= 11 is 0. The van der Waals surface area contributed by atoms with Gasteiger partial charge in [0.2, 0.25) is 5.91 Å². The third-order valence-electron chi connectivity index (χ3n) is 9.05. The number of nitrogens with one attached hydrogen (secondary N) is 2. The highest BCUT2D eigenvalue weighted by molar-refractivity contribution is 5.76. The molecule has 47 heavy (non-hydrogen) atoms. The van der Waals surface area contributed by atoms with E-state index in [-0.39, 0.29) is 5.91 Å². The predicted octanol–water partition coefficient (Wildman–Crippen LogP) is 13.2. The number of hydrogen-bond acceptors (Lipinski definition) is 2. The summed E-state index contributed by atoms with van der Waals surface area (Å²) in [5.41, 5.74) is 1.03. The maximum absolute atomic E-state index is 12.7. The van der Waals surface area contributed by atoms with Crippen LogP contribution in [0.4, 0.5) is 0 Å². The Hall–Kier alpha value is -2.36. The van der Waals surface area contributed by atoms with E-state index in [9.17, 15) is 4.79 Å². The normalized spacial score (nSPS) is 12.2. The molecule has 1 heterocycles. The molecule has 1 rings (SSSR count). The van der Waals surface area contributed by atoms with Crippen molar-refractivity contribution in [2.45, 2.75) is 200 Å². The SMILES string of the molecule is CCCCC/C=C\C/C=C\CCCCCCCCC(CCCCCCCC/C=C\C/C=C\CCCCC)NC(=O)CCc1cnc[nH]1. The molecule has 1 amide bonds. The van der Waals surface area contributed by atoms with E-state index in [0.717, 1.165) is 37.8 Å². The molecule has 0 aliphatic rings. The summed E-state index contributed by atoms with van der Waals surface area (Å²) in [5.74, 6) is 0.185. The Balaban J connectivity index is 2.15. The van der Waals surface area contributed by atoms with E-state index in [1.165, 1.54) is 141 Å². The first-order valence-electron chi connectivity index (χ1n) is 20.1. The van der Waals surface area contributed by atoms with E-state index in [1.807, 2.05) is 6.20 Å². The van der Waals surface area contributed by atoms with Gasteiger partial charge < -0.3 is 10.3 Å². The molecule has 4 nitrogen and oxygen atoms in total. The maximum atomic E-state index is 12.7. The van der Waals surface area contributed by atoms with Gasteiger partial charge in [0.1, 0.15) is 0 Å². The van der Waals surface area contributed by atoms with Gasteiger partial charge in [-0.15, -0.1) is 0 Å². The van der Waals surface area contributed by atoms with Crippen LogP contribution < -0.4 is 5.32 Å². The molecule has 0 bridgehead atoms. The second-order valence-corrected chi connectivity index (χ2v) is 13.6. The van der Waals surface area contributed by atoms with Crippen LogP contribution in [0.25, 0.3) is 0 Å². The van der Waals surface area contributed by atoms with Crippen LogP contribution in [0.15, 0.2) is 61.1 Å². The first-order valence-corrected chi connectivity index (χ1v) is 20.1. The van der Waals surface area contributed by atoms with Crippen LogP contribution in [0, 0.1) is 0 Å². The topological polar surface area (TPSA) is 57.8 Å². The molecule has 1 aromatic heterocycles. The summed E-state index contributed by atoms with van der Waals surface area (Å²) in [5, 5.41) is 3.39. The molecule has 0 saturated heterocycles. The van der Waals surface area contributed by atoms with Gasteiger partial charge in [0.15, 0.2) is 0 Å². The van der Waals surface area contributed by atoms with Gasteiger partial charge in [-0.05, 0) is 83.5 Å². The van der Waals surface area contributed by atoms with Crippen LogP contribution >= 0.6 is 0 Å². The van der Waals surface area contributed by atoms with E-state index in [1.54, 1.807) is 6.33 Å². The molecule has 268 valence electrons. The standard InChI is InChI=1S/C43H75N3O/c1-3-5-7-9-11-13-15-17-19-21-23-25-27-29-31-33-35-41(46-43(47)38-37-42-39-44-40-45-42)36-34-32-30-28-26-24-22-20-18-16-14-12-10-8-6-4-2/h11-14,17-20,39-41H,3-10,15-16,21-38H2,1-2H3,(H,44,45)(H,46,47)/b13-11-,14-12-,19-17-,20-18-. The van der Waals surface area contributed by atoms with Gasteiger partial charge in [-0.2, -0.15) is 0 Å². The molecule has 0 unspecified atom stereocenters. The third kappa shape index (κ3) is 30.7. The smallest absolute Gasteiger partial charge is 0.220 e. The fraction of sp³-hybridized carbons (Fsp3) is 0.721. The summed E-state index contributed by atoms with van der Waals surface area (Å²) in [4.78, 5) is 19.9. The number of aromatic nitrogens is 2. The Morgan fingerprint density at radius 1 is 0.617 bits per heavy atom. The van der Waals surface area contributed by atoms with Crippen molar-refractivity contribution >= 4 is 5.91 Å². The number of nitrogens with zero attached hydrogens (tertiary/aromatic N) is 1. The maximum Gasteiger partial charge on any atom is 0.220 e. The van der Waals surface area contributed by atoms with E-state index in [4.69, 9.17) is 0 Å². The van der Waals surface area contributed by atoms with Gasteiger partial charge in [0.05, 0.1) is 6.33 Å². The first kappa shape index (κ1) is 42.7. The molecule has 0 atom stereocenters. The van der Waals surface area contributed by atoms with Crippen LogP contribution in [0.5, 0.6) is 0 Å². The van der Waals surface area contributed by atoms with E-state index in [2.05, 4.69) is 77.7 Å². The lowest BCUT2D eigenvalue weighted by Gasteiger charge is -2.19. The van der Waals surface area contributed by atoms with Gasteiger partial charge in [-0.3, -0.25) is 4.79 Å². The molecule has 0 aliphatic heterocycles. The summed E-state index contributed by atoms with van der Waals surface area (Å²) in [6.45, 7) is 4.52. The Morgan fingerprint density at radius 3 is 1.47 bits per heavy atom. The number of hydrogen-bond donors (Lipinski definition) is 2. The van der Waals surface area contributed by atoms with Gasteiger partial charge in [-0.25, -0.2) is 4.98 Å². The van der Waals surface area contributed by atoms with Crippen molar-refractivity contribution in [2.24, 2.45) is 0 Å².